The fourth-order valence-corrected chi connectivity index (χ4v) is 2.84. The summed E-state index contributed by atoms with van der Waals surface area (Å²) in [5.41, 5.74) is 1.14. The number of hydrogen-bond acceptors (Lipinski definition) is 4. The summed E-state index contributed by atoms with van der Waals surface area (Å²) in [6.07, 6.45) is 0. The Labute approximate surface area is 145 Å². The minimum Gasteiger partial charge on any atom is -0.493 e. The van der Waals surface area contributed by atoms with Gasteiger partial charge in [0.25, 0.3) is 5.91 Å². The summed E-state index contributed by atoms with van der Waals surface area (Å²) in [7, 11) is 0. The molecule has 0 fully saturated rings. The van der Waals surface area contributed by atoms with Gasteiger partial charge in [-0.1, -0.05) is 24.3 Å². The average Bonchev–Trinajstić information content (AvgIpc) is 3.09. The van der Waals surface area contributed by atoms with Gasteiger partial charge in [-0.15, -0.1) is 0 Å². The zero-order chi connectivity index (χ0) is 17.2. The van der Waals surface area contributed by atoms with E-state index < -0.39 is 0 Å². The minimum absolute atomic E-state index is 0.200. The lowest BCUT2D eigenvalue weighted by Crippen LogP contribution is -2.13. The van der Waals surface area contributed by atoms with Crippen molar-refractivity contribution in [1.82, 2.24) is 0 Å². The van der Waals surface area contributed by atoms with Crippen LogP contribution >= 0.6 is 0 Å². The van der Waals surface area contributed by atoms with E-state index in [9.17, 15) is 4.79 Å². The van der Waals surface area contributed by atoms with E-state index in [0.717, 1.165) is 10.8 Å². The zero-order valence-corrected chi connectivity index (χ0v) is 13.7. The number of fused-ring (bicyclic) bond motifs is 2. The first-order valence-corrected chi connectivity index (χ1v) is 8.11. The van der Waals surface area contributed by atoms with Crippen LogP contribution in [0.1, 0.15) is 17.3 Å². The minimum atomic E-state index is -0.229. The van der Waals surface area contributed by atoms with E-state index >= 15 is 0 Å². The third-order valence-electron chi connectivity index (χ3n) is 4.02. The molecule has 3 aromatic carbocycles. The first-order chi connectivity index (χ1) is 12.2. The second-order valence-corrected chi connectivity index (χ2v) is 5.65. The fourth-order valence-electron chi connectivity index (χ4n) is 2.84. The summed E-state index contributed by atoms with van der Waals surface area (Å²) in [6, 6.07) is 16.9. The van der Waals surface area contributed by atoms with E-state index in [1.165, 1.54) is 0 Å². The summed E-state index contributed by atoms with van der Waals surface area (Å²) in [5, 5.41) is 4.92. The van der Waals surface area contributed by atoms with Crippen molar-refractivity contribution in [2.24, 2.45) is 0 Å². The molecule has 1 amide bonds. The highest BCUT2D eigenvalue weighted by Gasteiger charge is 2.17. The van der Waals surface area contributed by atoms with Crippen molar-refractivity contribution in [3.63, 3.8) is 0 Å². The van der Waals surface area contributed by atoms with Crippen molar-refractivity contribution in [3.8, 4) is 17.2 Å². The lowest BCUT2D eigenvalue weighted by Gasteiger charge is -2.12. The predicted octanol–water partition coefficient (Wildman–Crippen LogP) is 4.22. The number of carbonyl (C=O) groups is 1. The molecule has 0 spiro atoms. The Morgan fingerprint density at radius 2 is 1.80 bits per heavy atom. The van der Waals surface area contributed by atoms with Gasteiger partial charge in [0.05, 0.1) is 12.2 Å². The number of amides is 1. The third kappa shape index (κ3) is 2.96. The number of ether oxygens (including phenoxy) is 3. The maximum atomic E-state index is 12.8. The van der Waals surface area contributed by atoms with Crippen LogP contribution in [0.3, 0.4) is 0 Å². The van der Waals surface area contributed by atoms with Crippen LogP contribution in [0.4, 0.5) is 5.69 Å². The fraction of sp³-hybridized carbons (Fsp3) is 0.150. The van der Waals surface area contributed by atoms with Crippen molar-refractivity contribution < 1.29 is 19.0 Å². The molecule has 0 saturated heterocycles. The summed E-state index contributed by atoms with van der Waals surface area (Å²) in [5.74, 6) is 1.65. The Hall–Kier alpha value is -3.21. The van der Waals surface area contributed by atoms with E-state index in [1.807, 2.05) is 43.3 Å². The normalized spacial score (nSPS) is 12.2. The van der Waals surface area contributed by atoms with Crippen molar-refractivity contribution in [1.29, 1.82) is 0 Å². The number of hydrogen-bond donors (Lipinski definition) is 1. The Morgan fingerprint density at radius 3 is 2.60 bits per heavy atom. The highest BCUT2D eigenvalue weighted by Crippen LogP contribution is 2.34. The van der Waals surface area contributed by atoms with Crippen LogP contribution in [-0.2, 0) is 0 Å². The molecule has 1 aliphatic heterocycles. The predicted molar refractivity (Wildman–Crippen MR) is 95.6 cm³/mol. The Bertz CT molecular complexity index is 952. The van der Waals surface area contributed by atoms with Crippen LogP contribution in [0.5, 0.6) is 17.2 Å². The second-order valence-electron chi connectivity index (χ2n) is 5.65. The highest BCUT2D eigenvalue weighted by molar-refractivity contribution is 6.08. The van der Waals surface area contributed by atoms with Gasteiger partial charge in [-0.25, -0.2) is 0 Å². The summed E-state index contributed by atoms with van der Waals surface area (Å²) >= 11 is 0. The second kappa shape index (κ2) is 6.36. The van der Waals surface area contributed by atoms with Gasteiger partial charge >= 0.3 is 0 Å². The van der Waals surface area contributed by atoms with E-state index in [0.29, 0.717) is 35.1 Å². The van der Waals surface area contributed by atoms with Crippen LogP contribution in [0.15, 0.2) is 54.6 Å². The first-order valence-electron chi connectivity index (χ1n) is 8.11. The van der Waals surface area contributed by atoms with E-state index in [-0.39, 0.29) is 12.7 Å². The maximum absolute atomic E-state index is 12.8. The SMILES string of the molecule is CCOc1cc2ccccc2cc1C(=O)Nc1ccc2c(c1)OCO2. The van der Waals surface area contributed by atoms with Crippen molar-refractivity contribution in [2.75, 3.05) is 18.7 Å². The van der Waals surface area contributed by atoms with Crippen LogP contribution in [0, 0.1) is 0 Å². The molecule has 0 aromatic heterocycles. The monoisotopic (exact) mass is 335 g/mol. The van der Waals surface area contributed by atoms with E-state index in [2.05, 4.69) is 5.32 Å². The van der Waals surface area contributed by atoms with Gasteiger partial charge in [0.2, 0.25) is 6.79 Å². The maximum Gasteiger partial charge on any atom is 0.259 e. The van der Waals surface area contributed by atoms with Gasteiger partial charge in [-0.05, 0) is 42.0 Å². The van der Waals surface area contributed by atoms with Crippen LogP contribution < -0.4 is 19.5 Å². The molecule has 5 heteroatoms. The molecule has 1 heterocycles. The molecule has 1 N–H and O–H groups in total. The molecule has 0 saturated carbocycles. The summed E-state index contributed by atoms with van der Waals surface area (Å²) in [4.78, 5) is 12.8. The third-order valence-corrected chi connectivity index (χ3v) is 4.02. The van der Waals surface area contributed by atoms with Gasteiger partial charge in [0.15, 0.2) is 11.5 Å². The van der Waals surface area contributed by atoms with E-state index in [1.54, 1.807) is 18.2 Å². The lowest BCUT2D eigenvalue weighted by molar-refractivity contribution is 0.102. The molecule has 3 aromatic rings. The van der Waals surface area contributed by atoms with Crippen molar-refractivity contribution in [2.45, 2.75) is 6.92 Å². The molecule has 126 valence electrons. The molecule has 0 unspecified atom stereocenters. The molecule has 4 rings (SSSR count). The van der Waals surface area contributed by atoms with E-state index in [4.69, 9.17) is 14.2 Å². The largest absolute Gasteiger partial charge is 0.493 e. The molecule has 0 bridgehead atoms. The molecule has 0 atom stereocenters. The quantitative estimate of drug-likeness (QED) is 0.775. The van der Waals surface area contributed by atoms with Gasteiger partial charge in [0, 0.05) is 11.8 Å². The van der Waals surface area contributed by atoms with Crippen molar-refractivity contribution >= 4 is 22.4 Å². The average molecular weight is 335 g/mol. The zero-order valence-electron chi connectivity index (χ0n) is 13.7. The van der Waals surface area contributed by atoms with Crippen molar-refractivity contribution in [3.05, 3.63) is 60.2 Å². The van der Waals surface area contributed by atoms with Gasteiger partial charge in [0.1, 0.15) is 5.75 Å². The number of rotatable bonds is 4. The van der Waals surface area contributed by atoms with Gasteiger partial charge in [-0.3, -0.25) is 4.79 Å². The summed E-state index contributed by atoms with van der Waals surface area (Å²) in [6.45, 7) is 2.59. The number of benzene rings is 3. The molecule has 0 radical (unpaired) electrons. The number of anilines is 1. The lowest BCUT2D eigenvalue weighted by atomic mass is 10.1. The van der Waals surface area contributed by atoms with Crippen LogP contribution in [0.2, 0.25) is 0 Å². The molecular weight excluding hydrogens is 318 g/mol. The Balaban J connectivity index is 1.67. The van der Waals surface area contributed by atoms with Crippen LogP contribution in [-0.4, -0.2) is 19.3 Å². The molecule has 25 heavy (non-hydrogen) atoms. The number of nitrogens with one attached hydrogen (secondary N) is 1. The standard InChI is InChI=1S/C20H17NO4/c1-2-23-18-10-14-6-4-3-5-13(14)9-16(18)20(22)21-15-7-8-17-19(11-15)25-12-24-17/h3-11H,2,12H2,1H3,(H,21,22). The summed E-state index contributed by atoms with van der Waals surface area (Å²) < 4.78 is 16.3. The first kappa shape index (κ1) is 15.3. The molecular formula is C20H17NO4. The van der Waals surface area contributed by atoms with Gasteiger partial charge in [-0.2, -0.15) is 0 Å². The molecule has 1 aliphatic rings. The smallest absolute Gasteiger partial charge is 0.259 e. The molecule has 5 nitrogen and oxygen atoms in total. The van der Waals surface area contributed by atoms with Gasteiger partial charge < -0.3 is 19.5 Å². The van der Waals surface area contributed by atoms with Crippen LogP contribution in [0.25, 0.3) is 10.8 Å². The Morgan fingerprint density at radius 1 is 1.04 bits per heavy atom. The Kier molecular flexibility index (Phi) is 3.90. The number of carbonyl (C=O) groups excluding carboxylic acids is 1. The highest BCUT2D eigenvalue weighted by atomic mass is 16.7. The topological polar surface area (TPSA) is 56.8 Å². The molecule has 0 aliphatic carbocycles.